The molecule has 0 atom stereocenters. The zero-order chi connectivity index (χ0) is 14.3. The summed E-state index contributed by atoms with van der Waals surface area (Å²) >= 11 is 0. The van der Waals surface area contributed by atoms with Gasteiger partial charge >= 0.3 is 0 Å². The second kappa shape index (κ2) is 4.28. The number of nitrogen functional groups attached to an aromatic ring is 1. The summed E-state index contributed by atoms with van der Waals surface area (Å²) < 4.78 is 14.7. The van der Waals surface area contributed by atoms with Gasteiger partial charge in [-0.15, -0.1) is 0 Å². The van der Waals surface area contributed by atoms with E-state index in [-0.39, 0.29) is 17.4 Å². The molecule has 0 amide bonds. The molecule has 0 saturated carbocycles. The van der Waals surface area contributed by atoms with Gasteiger partial charge in [-0.05, 0) is 42.5 Å². The first-order valence-corrected chi connectivity index (χ1v) is 5.91. The number of aromatic hydroxyl groups is 1. The van der Waals surface area contributed by atoms with Crippen molar-refractivity contribution in [3.8, 4) is 17.5 Å². The van der Waals surface area contributed by atoms with Crippen LogP contribution in [-0.2, 0) is 0 Å². The predicted molar refractivity (Wildman–Crippen MR) is 74.0 cm³/mol. The maximum absolute atomic E-state index is 13.0. The molecule has 1 aromatic heterocycles. The number of halogens is 1. The summed E-state index contributed by atoms with van der Waals surface area (Å²) in [5.74, 6) is -0.0214. The Labute approximate surface area is 114 Å². The standard InChI is InChI=1S/C15H10FN3O/c16-9-1-3-10(4-2-9)19-14-6-5-11(20)7-12(14)13(8-17)15(19)18/h1-7,20H,18H2. The van der Waals surface area contributed by atoms with Crippen molar-refractivity contribution >= 4 is 16.7 Å². The molecule has 2 aromatic carbocycles. The van der Waals surface area contributed by atoms with Crippen LogP contribution in [0.2, 0.25) is 0 Å². The Morgan fingerprint density at radius 3 is 2.50 bits per heavy atom. The molecular weight excluding hydrogens is 257 g/mol. The molecule has 0 aliphatic carbocycles. The van der Waals surface area contributed by atoms with Gasteiger partial charge in [-0.25, -0.2) is 4.39 Å². The van der Waals surface area contributed by atoms with Gasteiger partial charge in [0, 0.05) is 11.1 Å². The Bertz CT molecular complexity index is 844. The molecule has 3 N–H and O–H groups in total. The number of fused-ring (bicyclic) bond motifs is 1. The number of hydrogen-bond donors (Lipinski definition) is 2. The Kier molecular flexibility index (Phi) is 2.58. The van der Waals surface area contributed by atoms with E-state index in [0.29, 0.717) is 22.2 Å². The molecular formula is C15H10FN3O. The Morgan fingerprint density at radius 1 is 1.15 bits per heavy atom. The topological polar surface area (TPSA) is 75.0 Å². The lowest BCUT2D eigenvalue weighted by molar-refractivity contribution is 0.476. The summed E-state index contributed by atoms with van der Waals surface area (Å²) in [5, 5.41) is 19.3. The van der Waals surface area contributed by atoms with Gasteiger partial charge in [0.2, 0.25) is 0 Å². The van der Waals surface area contributed by atoms with E-state index in [1.165, 1.54) is 24.3 Å². The zero-order valence-corrected chi connectivity index (χ0v) is 10.3. The molecule has 0 fully saturated rings. The lowest BCUT2D eigenvalue weighted by atomic mass is 10.2. The quantitative estimate of drug-likeness (QED) is 0.711. The van der Waals surface area contributed by atoms with Gasteiger partial charge in [-0.3, -0.25) is 4.57 Å². The van der Waals surface area contributed by atoms with Gasteiger partial charge in [0.05, 0.1) is 5.52 Å². The minimum absolute atomic E-state index is 0.0604. The van der Waals surface area contributed by atoms with Crippen molar-refractivity contribution in [2.75, 3.05) is 5.73 Å². The van der Waals surface area contributed by atoms with Gasteiger partial charge in [0.1, 0.15) is 29.0 Å². The first-order chi connectivity index (χ1) is 9.61. The van der Waals surface area contributed by atoms with Crippen LogP contribution in [-0.4, -0.2) is 9.67 Å². The van der Waals surface area contributed by atoms with Crippen LogP contribution >= 0.6 is 0 Å². The van der Waals surface area contributed by atoms with Crippen LogP contribution in [0.5, 0.6) is 5.75 Å². The molecule has 0 aliphatic heterocycles. The van der Waals surface area contributed by atoms with E-state index >= 15 is 0 Å². The van der Waals surface area contributed by atoms with Crippen molar-refractivity contribution in [1.82, 2.24) is 4.57 Å². The summed E-state index contributed by atoms with van der Waals surface area (Å²) in [4.78, 5) is 0. The van der Waals surface area contributed by atoms with Crippen molar-refractivity contribution in [2.45, 2.75) is 0 Å². The predicted octanol–water partition coefficient (Wildman–Crippen LogP) is 2.93. The SMILES string of the molecule is N#Cc1c(N)n(-c2ccc(F)cc2)c2ccc(O)cc12. The molecule has 5 heteroatoms. The molecule has 3 aromatic rings. The van der Waals surface area contributed by atoms with E-state index in [9.17, 15) is 14.8 Å². The maximum Gasteiger partial charge on any atom is 0.127 e. The minimum atomic E-state index is -0.345. The summed E-state index contributed by atoms with van der Waals surface area (Å²) in [6.07, 6.45) is 0. The monoisotopic (exact) mass is 267 g/mol. The average Bonchev–Trinajstić information content (AvgIpc) is 2.71. The highest BCUT2D eigenvalue weighted by atomic mass is 19.1. The number of nitrogens with two attached hydrogens (primary N) is 1. The second-order valence-corrected chi connectivity index (χ2v) is 4.39. The molecule has 0 spiro atoms. The van der Waals surface area contributed by atoms with Crippen molar-refractivity contribution in [1.29, 1.82) is 5.26 Å². The molecule has 0 radical (unpaired) electrons. The van der Waals surface area contributed by atoms with Crippen LogP contribution in [0.3, 0.4) is 0 Å². The third-order valence-corrected chi connectivity index (χ3v) is 3.18. The smallest absolute Gasteiger partial charge is 0.127 e. The van der Waals surface area contributed by atoms with Gasteiger partial charge < -0.3 is 10.8 Å². The molecule has 0 bridgehead atoms. The third kappa shape index (κ3) is 1.67. The lowest BCUT2D eigenvalue weighted by Crippen LogP contribution is -2.00. The van der Waals surface area contributed by atoms with Crippen LogP contribution in [0, 0.1) is 17.1 Å². The number of rotatable bonds is 1. The highest BCUT2D eigenvalue weighted by molar-refractivity contribution is 5.94. The summed E-state index contributed by atoms with van der Waals surface area (Å²) in [5.41, 5.74) is 7.64. The summed E-state index contributed by atoms with van der Waals surface area (Å²) in [6.45, 7) is 0. The molecule has 20 heavy (non-hydrogen) atoms. The maximum atomic E-state index is 13.0. The zero-order valence-electron chi connectivity index (χ0n) is 10.3. The molecule has 0 saturated heterocycles. The van der Waals surface area contributed by atoms with Crippen LogP contribution in [0.4, 0.5) is 10.2 Å². The van der Waals surface area contributed by atoms with E-state index < -0.39 is 0 Å². The fourth-order valence-corrected chi connectivity index (χ4v) is 2.28. The molecule has 98 valence electrons. The second-order valence-electron chi connectivity index (χ2n) is 4.39. The summed E-state index contributed by atoms with van der Waals surface area (Å²) in [6, 6.07) is 12.5. The number of phenols is 1. The molecule has 4 nitrogen and oxygen atoms in total. The highest BCUT2D eigenvalue weighted by Gasteiger charge is 2.16. The number of anilines is 1. The fourth-order valence-electron chi connectivity index (χ4n) is 2.28. The van der Waals surface area contributed by atoms with E-state index in [4.69, 9.17) is 5.73 Å². The third-order valence-electron chi connectivity index (χ3n) is 3.18. The number of aromatic nitrogens is 1. The van der Waals surface area contributed by atoms with Gasteiger partial charge in [-0.1, -0.05) is 0 Å². The van der Waals surface area contributed by atoms with Crippen LogP contribution in [0.1, 0.15) is 5.56 Å². The molecule has 3 rings (SSSR count). The Balaban J connectivity index is 2.39. The van der Waals surface area contributed by atoms with Gasteiger partial charge in [-0.2, -0.15) is 5.26 Å². The molecule has 0 aliphatic rings. The number of benzene rings is 2. The van der Waals surface area contributed by atoms with E-state index in [2.05, 4.69) is 0 Å². The average molecular weight is 267 g/mol. The van der Waals surface area contributed by atoms with Crippen molar-refractivity contribution in [2.24, 2.45) is 0 Å². The Morgan fingerprint density at radius 2 is 1.85 bits per heavy atom. The van der Waals surface area contributed by atoms with Crippen LogP contribution < -0.4 is 5.73 Å². The summed E-state index contributed by atoms with van der Waals surface area (Å²) in [7, 11) is 0. The first kappa shape index (κ1) is 12.1. The number of nitriles is 1. The van der Waals surface area contributed by atoms with E-state index in [1.54, 1.807) is 22.8 Å². The van der Waals surface area contributed by atoms with Crippen molar-refractivity contribution in [3.05, 3.63) is 53.8 Å². The highest BCUT2D eigenvalue weighted by Crippen LogP contribution is 2.33. The first-order valence-electron chi connectivity index (χ1n) is 5.91. The normalized spacial score (nSPS) is 10.6. The molecule has 1 heterocycles. The lowest BCUT2D eigenvalue weighted by Gasteiger charge is -2.07. The largest absolute Gasteiger partial charge is 0.508 e. The van der Waals surface area contributed by atoms with Crippen molar-refractivity contribution in [3.63, 3.8) is 0 Å². The van der Waals surface area contributed by atoms with Crippen LogP contribution in [0.15, 0.2) is 42.5 Å². The number of phenolic OH excluding ortho intramolecular Hbond substituents is 1. The van der Waals surface area contributed by atoms with E-state index in [0.717, 1.165) is 0 Å². The van der Waals surface area contributed by atoms with Gasteiger partial charge in [0.15, 0.2) is 0 Å². The van der Waals surface area contributed by atoms with Crippen LogP contribution in [0.25, 0.3) is 16.6 Å². The minimum Gasteiger partial charge on any atom is -0.508 e. The van der Waals surface area contributed by atoms with Crippen molar-refractivity contribution < 1.29 is 9.50 Å². The number of nitrogens with zero attached hydrogens (tertiary/aromatic N) is 2. The van der Waals surface area contributed by atoms with E-state index in [1.807, 2.05) is 6.07 Å². The van der Waals surface area contributed by atoms with Gasteiger partial charge in [0.25, 0.3) is 0 Å². The molecule has 0 unspecified atom stereocenters. The Hall–Kier alpha value is -3.00. The number of hydrogen-bond acceptors (Lipinski definition) is 3. The fraction of sp³-hybridized carbons (Fsp3) is 0.